The van der Waals surface area contributed by atoms with E-state index in [2.05, 4.69) is 10.3 Å². The van der Waals surface area contributed by atoms with Crippen LogP contribution in [0.4, 0.5) is 0 Å². The van der Waals surface area contributed by atoms with E-state index in [-0.39, 0.29) is 5.97 Å². The summed E-state index contributed by atoms with van der Waals surface area (Å²) in [7, 11) is 1.43. The molecule has 1 unspecified atom stereocenters. The standard InChI is InChI=1S/C14H22N2O3S/c1-9-10(2)19-13(15-9)20-8-7-14(3,12(17)18-4)16-11-5-6-11/h11,16H,5-8H2,1-4H3. The number of carbonyl (C=O) groups excluding carboxylic acids is 1. The predicted octanol–water partition coefficient (Wildman–Crippen LogP) is 2.46. The van der Waals surface area contributed by atoms with Gasteiger partial charge in [-0.3, -0.25) is 10.1 Å². The Morgan fingerprint density at radius 1 is 1.55 bits per heavy atom. The van der Waals surface area contributed by atoms with Crippen LogP contribution in [0.3, 0.4) is 0 Å². The summed E-state index contributed by atoms with van der Waals surface area (Å²) in [5, 5.41) is 4.05. The third-order valence-electron chi connectivity index (χ3n) is 3.57. The lowest BCUT2D eigenvalue weighted by Crippen LogP contribution is -2.51. The third kappa shape index (κ3) is 3.76. The van der Waals surface area contributed by atoms with E-state index in [1.54, 1.807) is 0 Å². The summed E-state index contributed by atoms with van der Waals surface area (Å²) in [5.74, 6) is 1.40. The van der Waals surface area contributed by atoms with Gasteiger partial charge in [0, 0.05) is 11.8 Å². The van der Waals surface area contributed by atoms with Crippen molar-refractivity contribution in [2.75, 3.05) is 12.9 Å². The molecule has 0 bridgehead atoms. The van der Waals surface area contributed by atoms with Crippen LogP contribution in [0.2, 0.25) is 0 Å². The van der Waals surface area contributed by atoms with E-state index in [0.29, 0.717) is 17.7 Å². The van der Waals surface area contributed by atoms with Gasteiger partial charge in [0.2, 0.25) is 0 Å². The van der Waals surface area contributed by atoms with Crippen LogP contribution in [-0.4, -0.2) is 35.4 Å². The van der Waals surface area contributed by atoms with E-state index >= 15 is 0 Å². The molecule has 0 spiro atoms. The minimum atomic E-state index is -0.625. The Morgan fingerprint density at radius 3 is 2.75 bits per heavy atom. The maximum atomic E-state index is 12.0. The topological polar surface area (TPSA) is 64.4 Å². The summed E-state index contributed by atoms with van der Waals surface area (Å²) in [5.41, 5.74) is 0.291. The molecular formula is C14H22N2O3S. The molecule has 0 aliphatic heterocycles. The van der Waals surface area contributed by atoms with Crippen molar-refractivity contribution in [3.05, 3.63) is 11.5 Å². The number of rotatable bonds is 7. The van der Waals surface area contributed by atoms with Crippen molar-refractivity contribution in [2.45, 2.75) is 56.8 Å². The van der Waals surface area contributed by atoms with Gasteiger partial charge in [-0.2, -0.15) is 0 Å². The first-order valence-electron chi connectivity index (χ1n) is 6.87. The SMILES string of the molecule is COC(=O)C(C)(CCSc1nc(C)c(C)o1)NC1CC1. The highest BCUT2D eigenvalue weighted by atomic mass is 32.2. The molecule has 1 aromatic heterocycles. The fourth-order valence-corrected chi connectivity index (χ4v) is 3.05. The van der Waals surface area contributed by atoms with E-state index in [1.807, 2.05) is 20.8 Å². The molecule has 0 amide bonds. The number of aryl methyl sites for hydroxylation is 2. The minimum Gasteiger partial charge on any atom is -0.468 e. The number of nitrogens with zero attached hydrogens (tertiary/aromatic N) is 1. The second kappa shape index (κ2) is 6.18. The second-order valence-corrected chi connectivity index (χ2v) is 6.51. The van der Waals surface area contributed by atoms with Crippen LogP contribution in [0.25, 0.3) is 0 Å². The van der Waals surface area contributed by atoms with Gasteiger partial charge in [0.25, 0.3) is 5.22 Å². The monoisotopic (exact) mass is 298 g/mol. The summed E-state index contributed by atoms with van der Waals surface area (Å²) in [4.78, 5) is 16.3. The lowest BCUT2D eigenvalue weighted by Gasteiger charge is -2.27. The minimum absolute atomic E-state index is 0.204. The van der Waals surface area contributed by atoms with Crippen molar-refractivity contribution >= 4 is 17.7 Å². The highest BCUT2D eigenvalue weighted by Crippen LogP contribution is 2.28. The number of oxazole rings is 1. The molecule has 5 nitrogen and oxygen atoms in total. The summed E-state index contributed by atoms with van der Waals surface area (Å²) in [6.45, 7) is 5.74. The number of aromatic nitrogens is 1. The molecule has 1 heterocycles. The van der Waals surface area contributed by atoms with Gasteiger partial charge in [0.05, 0.1) is 12.8 Å². The van der Waals surface area contributed by atoms with Gasteiger partial charge in [-0.05, 0) is 40.0 Å². The molecule has 112 valence electrons. The lowest BCUT2D eigenvalue weighted by atomic mass is 9.99. The number of hydrogen-bond donors (Lipinski definition) is 1. The van der Waals surface area contributed by atoms with Gasteiger partial charge in [0.15, 0.2) is 0 Å². The average Bonchev–Trinajstić information content (AvgIpc) is 3.15. The zero-order chi connectivity index (χ0) is 14.8. The molecular weight excluding hydrogens is 276 g/mol. The molecule has 0 saturated heterocycles. The largest absolute Gasteiger partial charge is 0.468 e. The van der Waals surface area contributed by atoms with Crippen LogP contribution in [0.5, 0.6) is 0 Å². The maximum absolute atomic E-state index is 12.0. The van der Waals surface area contributed by atoms with Crippen molar-refractivity contribution < 1.29 is 13.9 Å². The summed E-state index contributed by atoms with van der Waals surface area (Å²) in [6.07, 6.45) is 2.96. The number of hydrogen-bond acceptors (Lipinski definition) is 6. The Labute approximate surface area is 123 Å². The smallest absolute Gasteiger partial charge is 0.325 e. The average molecular weight is 298 g/mol. The normalized spacial score (nSPS) is 17.8. The maximum Gasteiger partial charge on any atom is 0.325 e. The van der Waals surface area contributed by atoms with E-state index in [0.717, 1.165) is 30.0 Å². The number of thioether (sulfide) groups is 1. The van der Waals surface area contributed by atoms with Gasteiger partial charge >= 0.3 is 5.97 Å². The van der Waals surface area contributed by atoms with Crippen molar-refractivity contribution in [1.82, 2.24) is 10.3 Å². The molecule has 1 aliphatic rings. The van der Waals surface area contributed by atoms with Crippen LogP contribution >= 0.6 is 11.8 Å². The second-order valence-electron chi connectivity index (χ2n) is 5.46. The molecule has 1 aliphatic carbocycles. The molecule has 6 heteroatoms. The number of carbonyl (C=O) groups is 1. The molecule has 1 fully saturated rings. The highest BCUT2D eigenvalue weighted by molar-refractivity contribution is 7.99. The fourth-order valence-electron chi connectivity index (χ4n) is 1.98. The summed E-state index contributed by atoms with van der Waals surface area (Å²) < 4.78 is 10.4. The van der Waals surface area contributed by atoms with Crippen LogP contribution in [0.1, 0.15) is 37.6 Å². The van der Waals surface area contributed by atoms with Crippen LogP contribution in [0, 0.1) is 13.8 Å². The van der Waals surface area contributed by atoms with Crippen molar-refractivity contribution in [3.8, 4) is 0 Å². The highest BCUT2D eigenvalue weighted by Gasteiger charge is 2.39. The number of ether oxygens (including phenoxy) is 1. The van der Waals surface area contributed by atoms with E-state index in [4.69, 9.17) is 9.15 Å². The fraction of sp³-hybridized carbons (Fsp3) is 0.714. The molecule has 0 aromatic carbocycles. The number of esters is 1. The van der Waals surface area contributed by atoms with Crippen LogP contribution < -0.4 is 5.32 Å². The molecule has 1 saturated carbocycles. The number of methoxy groups -OCH3 is 1. The first-order chi connectivity index (χ1) is 9.44. The summed E-state index contributed by atoms with van der Waals surface area (Å²) >= 11 is 1.53. The molecule has 1 aromatic rings. The van der Waals surface area contributed by atoms with E-state index in [1.165, 1.54) is 18.9 Å². The molecule has 1 N–H and O–H groups in total. The molecule has 2 rings (SSSR count). The van der Waals surface area contributed by atoms with E-state index < -0.39 is 5.54 Å². The Bertz CT molecular complexity index is 465. The predicted molar refractivity (Wildman–Crippen MR) is 77.9 cm³/mol. The molecule has 20 heavy (non-hydrogen) atoms. The Balaban J connectivity index is 1.89. The first-order valence-corrected chi connectivity index (χ1v) is 7.86. The Morgan fingerprint density at radius 2 is 2.25 bits per heavy atom. The van der Waals surface area contributed by atoms with Gasteiger partial charge in [-0.15, -0.1) is 0 Å². The van der Waals surface area contributed by atoms with Crippen LogP contribution in [-0.2, 0) is 9.53 Å². The first kappa shape index (κ1) is 15.4. The Kier molecular flexibility index (Phi) is 4.75. The molecule has 1 atom stereocenters. The third-order valence-corrected chi connectivity index (χ3v) is 4.40. The summed E-state index contributed by atoms with van der Waals surface area (Å²) in [6, 6.07) is 0.454. The Hall–Kier alpha value is -1.01. The number of nitrogens with one attached hydrogen (secondary N) is 1. The quantitative estimate of drug-likeness (QED) is 0.616. The van der Waals surface area contributed by atoms with Gasteiger partial charge in [-0.25, -0.2) is 4.98 Å². The van der Waals surface area contributed by atoms with Crippen molar-refractivity contribution in [2.24, 2.45) is 0 Å². The van der Waals surface area contributed by atoms with Crippen LogP contribution in [0.15, 0.2) is 9.64 Å². The van der Waals surface area contributed by atoms with E-state index in [9.17, 15) is 4.79 Å². The van der Waals surface area contributed by atoms with Crippen molar-refractivity contribution in [3.63, 3.8) is 0 Å². The zero-order valence-corrected chi connectivity index (χ0v) is 13.3. The van der Waals surface area contributed by atoms with Crippen molar-refractivity contribution in [1.29, 1.82) is 0 Å². The van der Waals surface area contributed by atoms with Gasteiger partial charge in [-0.1, -0.05) is 11.8 Å². The lowest BCUT2D eigenvalue weighted by molar-refractivity contribution is -0.148. The van der Waals surface area contributed by atoms with Gasteiger partial charge in [0.1, 0.15) is 11.3 Å². The zero-order valence-electron chi connectivity index (χ0n) is 12.5. The molecule has 0 radical (unpaired) electrons. The van der Waals surface area contributed by atoms with Gasteiger partial charge < -0.3 is 9.15 Å².